The number of hydrogen-bond acceptors (Lipinski definition) is 3. The monoisotopic (exact) mass is 140 g/mol. The highest BCUT2D eigenvalue weighted by molar-refractivity contribution is 5.85. The van der Waals surface area contributed by atoms with Gasteiger partial charge in [-0.25, -0.2) is 5.90 Å². The summed E-state index contributed by atoms with van der Waals surface area (Å²) in [6, 6.07) is 0. The van der Waals surface area contributed by atoms with Crippen molar-refractivity contribution in [3.63, 3.8) is 0 Å². The molecule has 0 radical (unpaired) electrons. The third-order valence-electron chi connectivity index (χ3n) is 0.924. The van der Waals surface area contributed by atoms with E-state index >= 15 is 0 Å². The van der Waals surface area contributed by atoms with E-state index in [-0.39, 0.29) is 18.6 Å². The van der Waals surface area contributed by atoms with E-state index in [0.717, 1.165) is 0 Å². The lowest BCUT2D eigenvalue weighted by Crippen LogP contribution is -2.29. The first-order valence-electron chi connectivity index (χ1n) is 2.20. The lowest BCUT2D eigenvalue weighted by atomic mass is 10.6. The summed E-state index contributed by atoms with van der Waals surface area (Å²) in [5.41, 5.74) is 0. The van der Waals surface area contributed by atoms with E-state index in [2.05, 4.69) is 4.84 Å². The molecule has 0 aliphatic rings. The molecule has 2 N–H and O–H groups in total. The molecule has 0 bridgehead atoms. The smallest absolute Gasteiger partial charge is 0.128 e. The summed E-state index contributed by atoms with van der Waals surface area (Å²) in [5.74, 6) is 4.83. The van der Waals surface area contributed by atoms with E-state index < -0.39 is 0 Å². The van der Waals surface area contributed by atoms with E-state index in [1.165, 1.54) is 0 Å². The maximum Gasteiger partial charge on any atom is 0.128 e. The van der Waals surface area contributed by atoms with Gasteiger partial charge in [0.25, 0.3) is 0 Å². The van der Waals surface area contributed by atoms with Crippen LogP contribution in [-0.4, -0.2) is 25.2 Å². The molecule has 0 spiro atoms. The van der Waals surface area contributed by atoms with Gasteiger partial charge >= 0.3 is 0 Å². The van der Waals surface area contributed by atoms with Gasteiger partial charge in [0.2, 0.25) is 0 Å². The van der Waals surface area contributed by atoms with Crippen LogP contribution in [0.15, 0.2) is 0 Å². The zero-order chi connectivity index (χ0) is 5.86. The fraction of sp³-hybridized carbons (Fsp3) is 1.00. The van der Waals surface area contributed by atoms with E-state index in [4.69, 9.17) is 5.90 Å². The summed E-state index contributed by atoms with van der Waals surface area (Å²) >= 11 is 0. The molecule has 0 aliphatic carbocycles. The summed E-state index contributed by atoms with van der Waals surface area (Å²) in [7, 11) is 3.80. The van der Waals surface area contributed by atoms with Gasteiger partial charge in [-0.1, -0.05) is 0 Å². The van der Waals surface area contributed by atoms with Crippen LogP contribution in [0.5, 0.6) is 0 Å². The Morgan fingerprint density at radius 2 is 1.88 bits per heavy atom. The molecule has 0 saturated heterocycles. The third kappa shape index (κ3) is 4.33. The van der Waals surface area contributed by atoms with E-state index in [1.807, 2.05) is 25.9 Å². The Balaban J connectivity index is 0. The molecule has 4 heteroatoms. The number of nitrogens with zero attached hydrogens (tertiary/aromatic N) is 1. The number of rotatable bonds is 2. The molecule has 3 nitrogen and oxygen atoms in total. The molecule has 0 fully saturated rings. The molecule has 0 rings (SSSR count). The minimum Gasteiger partial charge on any atom is -0.286 e. The quantitative estimate of drug-likeness (QED) is 0.440. The molecule has 1 atom stereocenters. The van der Waals surface area contributed by atoms with Crippen molar-refractivity contribution in [2.24, 2.45) is 5.90 Å². The minimum absolute atomic E-state index is 0. The predicted molar refractivity (Wildman–Crippen MR) is 35.7 cm³/mol. The molecule has 0 aromatic rings. The molecule has 1 unspecified atom stereocenters. The normalized spacial score (nSPS) is 13.1. The highest BCUT2D eigenvalue weighted by Gasteiger charge is 1.98. The molecule has 52 valence electrons. The molecular formula is C4H13ClN2O. The molecule has 0 amide bonds. The van der Waals surface area contributed by atoms with Crippen LogP contribution in [0.1, 0.15) is 6.92 Å². The highest BCUT2D eigenvalue weighted by atomic mass is 35.5. The average Bonchev–Trinajstić information content (AvgIpc) is 1.65. The van der Waals surface area contributed by atoms with Crippen LogP contribution in [0.4, 0.5) is 0 Å². The number of halogens is 1. The second kappa shape index (κ2) is 5.31. The fourth-order valence-electron chi connectivity index (χ4n) is 0.122. The molecule has 0 aromatic carbocycles. The Morgan fingerprint density at radius 3 is 1.88 bits per heavy atom. The van der Waals surface area contributed by atoms with Crippen molar-refractivity contribution in [3.05, 3.63) is 0 Å². The second-order valence-electron chi connectivity index (χ2n) is 1.70. The van der Waals surface area contributed by atoms with Crippen LogP contribution >= 0.6 is 12.4 Å². The summed E-state index contributed by atoms with van der Waals surface area (Å²) in [5, 5.41) is 0. The van der Waals surface area contributed by atoms with Gasteiger partial charge in [-0.15, -0.1) is 12.4 Å². The van der Waals surface area contributed by atoms with Crippen LogP contribution in [0.2, 0.25) is 0 Å². The van der Waals surface area contributed by atoms with E-state index in [9.17, 15) is 0 Å². The SMILES string of the molecule is CC(ON)N(C)C.Cl. The van der Waals surface area contributed by atoms with Gasteiger partial charge in [0, 0.05) is 0 Å². The van der Waals surface area contributed by atoms with Gasteiger partial charge in [-0.3, -0.25) is 9.74 Å². The zero-order valence-electron chi connectivity index (χ0n) is 5.42. The maximum atomic E-state index is 4.83. The van der Waals surface area contributed by atoms with E-state index in [0.29, 0.717) is 0 Å². The Kier molecular flexibility index (Phi) is 7.32. The van der Waals surface area contributed by atoms with Crippen molar-refractivity contribution in [2.75, 3.05) is 14.1 Å². The highest BCUT2D eigenvalue weighted by Crippen LogP contribution is 1.85. The van der Waals surface area contributed by atoms with E-state index in [1.54, 1.807) is 0 Å². The minimum atomic E-state index is 0. The molecule has 0 saturated carbocycles. The lowest BCUT2D eigenvalue weighted by Gasteiger charge is -2.15. The average molecular weight is 141 g/mol. The van der Waals surface area contributed by atoms with Crippen LogP contribution in [0.25, 0.3) is 0 Å². The van der Waals surface area contributed by atoms with Crippen molar-refractivity contribution in [1.29, 1.82) is 0 Å². The van der Waals surface area contributed by atoms with Crippen molar-refractivity contribution < 1.29 is 4.84 Å². The van der Waals surface area contributed by atoms with Gasteiger partial charge in [0.15, 0.2) is 0 Å². The Morgan fingerprint density at radius 1 is 1.50 bits per heavy atom. The Hall–Kier alpha value is 0.170. The summed E-state index contributed by atoms with van der Waals surface area (Å²) in [6.07, 6.45) is 0.0139. The van der Waals surface area contributed by atoms with Crippen LogP contribution in [0.3, 0.4) is 0 Å². The van der Waals surface area contributed by atoms with Crippen LogP contribution < -0.4 is 5.90 Å². The van der Waals surface area contributed by atoms with Crippen LogP contribution in [-0.2, 0) is 4.84 Å². The first-order chi connectivity index (χ1) is 3.18. The summed E-state index contributed by atoms with van der Waals surface area (Å²) < 4.78 is 0. The number of nitrogens with two attached hydrogens (primary N) is 1. The fourth-order valence-corrected chi connectivity index (χ4v) is 0.122. The Labute approximate surface area is 56.2 Å². The predicted octanol–water partition coefficient (Wildman–Crippen LogP) is 0.206. The van der Waals surface area contributed by atoms with Gasteiger partial charge in [-0.2, -0.15) is 0 Å². The van der Waals surface area contributed by atoms with Gasteiger partial charge in [0.05, 0.1) is 0 Å². The van der Waals surface area contributed by atoms with Crippen molar-refractivity contribution in [2.45, 2.75) is 13.2 Å². The first kappa shape index (κ1) is 11.0. The molecule has 0 aromatic heterocycles. The lowest BCUT2D eigenvalue weighted by molar-refractivity contribution is -0.0242. The van der Waals surface area contributed by atoms with Crippen molar-refractivity contribution in [1.82, 2.24) is 4.90 Å². The van der Waals surface area contributed by atoms with Crippen molar-refractivity contribution >= 4 is 12.4 Å². The van der Waals surface area contributed by atoms with Gasteiger partial charge in [0.1, 0.15) is 6.23 Å². The molecule has 0 aliphatic heterocycles. The zero-order valence-corrected chi connectivity index (χ0v) is 6.23. The first-order valence-corrected chi connectivity index (χ1v) is 2.20. The topological polar surface area (TPSA) is 38.5 Å². The number of hydrogen-bond donors (Lipinski definition) is 1. The second-order valence-corrected chi connectivity index (χ2v) is 1.70. The standard InChI is InChI=1S/C4H12N2O.ClH/c1-4(7-5)6(2)3;/h4H,5H2,1-3H3;1H. The third-order valence-corrected chi connectivity index (χ3v) is 0.924. The molecule has 8 heavy (non-hydrogen) atoms. The van der Waals surface area contributed by atoms with Crippen molar-refractivity contribution in [3.8, 4) is 0 Å². The summed E-state index contributed by atoms with van der Waals surface area (Å²) in [6.45, 7) is 1.88. The summed E-state index contributed by atoms with van der Waals surface area (Å²) in [4.78, 5) is 6.31. The Bertz CT molecular complexity index is 51.3. The van der Waals surface area contributed by atoms with Gasteiger partial charge < -0.3 is 0 Å². The maximum absolute atomic E-state index is 4.83. The molecular weight excluding hydrogens is 128 g/mol. The largest absolute Gasteiger partial charge is 0.286 e. The molecule has 0 heterocycles. The van der Waals surface area contributed by atoms with Gasteiger partial charge in [-0.05, 0) is 21.0 Å². The van der Waals surface area contributed by atoms with Crippen LogP contribution in [0, 0.1) is 0 Å².